The van der Waals surface area contributed by atoms with Gasteiger partial charge in [0, 0.05) is 17.8 Å². The summed E-state index contributed by atoms with van der Waals surface area (Å²) in [5, 5.41) is 12.8. The molecule has 0 spiro atoms. The molecule has 0 aliphatic heterocycles. The summed E-state index contributed by atoms with van der Waals surface area (Å²) in [6.45, 7) is 6.23. The van der Waals surface area contributed by atoms with Gasteiger partial charge in [-0.15, -0.1) is 0 Å². The zero-order valence-electron chi connectivity index (χ0n) is 11.9. The first kappa shape index (κ1) is 15.5. The normalized spacial score (nSPS) is 12.5. The minimum Gasteiger partial charge on any atom is -0.399 e. The molecule has 1 aromatic carbocycles. The van der Waals surface area contributed by atoms with Gasteiger partial charge in [0.25, 0.3) is 5.91 Å². The number of amides is 1. The van der Waals surface area contributed by atoms with Crippen molar-refractivity contribution in [3.63, 3.8) is 0 Å². The molecule has 1 atom stereocenters. The first-order valence-corrected chi connectivity index (χ1v) is 6.81. The third kappa shape index (κ3) is 4.24. The molecule has 106 valence electrons. The Balaban J connectivity index is 2.63. The van der Waals surface area contributed by atoms with Crippen LogP contribution in [0.15, 0.2) is 18.2 Å². The summed E-state index contributed by atoms with van der Waals surface area (Å²) < 4.78 is 0. The summed E-state index contributed by atoms with van der Waals surface area (Å²) in [6.07, 6.45) is 1.32. The second kappa shape index (κ2) is 7.14. The minimum atomic E-state index is -0.500. The van der Waals surface area contributed by atoms with Crippen LogP contribution in [0.4, 0.5) is 5.69 Å². The number of benzene rings is 1. The van der Waals surface area contributed by atoms with Crippen LogP contribution in [0.25, 0.3) is 0 Å². The Labute approximate surface area is 115 Å². The van der Waals surface area contributed by atoms with E-state index in [9.17, 15) is 9.90 Å². The molecule has 0 fully saturated rings. The molecule has 0 aliphatic rings. The third-order valence-electron chi connectivity index (χ3n) is 3.57. The number of nitrogens with one attached hydrogen (secondary N) is 1. The van der Waals surface area contributed by atoms with E-state index in [-0.39, 0.29) is 18.4 Å². The molecule has 1 rings (SSSR count). The molecule has 1 aromatic rings. The van der Waals surface area contributed by atoms with Gasteiger partial charge in [-0.1, -0.05) is 32.8 Å². The molecule has 4 nitrogen and oxygen atoms in total. The molecule has 4 N–H and O–H groups in total. The SMILES string of the molecule is CCC(CC)C(O)CNC(=O)c1cc(N)ccc1C. The maximum absolute atomic E-state index is 12.0. The minimum absolute atomic E-state index is 0.185. The number of hydrogen-bond acceptors (Lipinski definition) is 3. The van der Waals surface area contributed by atoms with Gasteiger partial charge >= 0.3 is 0 Å². The van der Waals surface area contributed by atoms with Gasteiger partial charge in [-0.05, 0) is 30.5 Å². The number of nitrogens with two attached hydrogens (primary N) is 1. The van der Waals surface area contributed by atoms with Crippen molar-refractivity contribution >= 4 is 11.6 Å². The Morgan fingerprint density at radius 1 is 1.37 bits per heavy atom. The number of carbonyl (C=O) groups is 1. The van der Waals surface area contributed by atoms with E-state index in [1.807, 2.05) is 26.8 Å². The number of hydrogen-bond donors (Lipinski definition) is 3. The molecular formula is C15H24N2O2. The maximum atomic E-state index is 12.0. The third-order valence-corrected chi connectivity index (χ3v) is 3.57. The van der Waals surface area contributed by atoms with Crippen molar-refractivity contribution in [2.24, 2.45) is 5.92 Å². The number of anilines is 1. The van der Waals surface area contributed by atoms with Crippen molar-refractivity contribution in [3.05, 3.63) is 29.3 Å². The standard InChI is InChI=1S/C15H24N2O2/c1-4-11(5-2)14(18)9-17-15(19)13-8-12(16)7-6-10(13)3/h6-8,11,14,18H,4-5,9,16H2,1-3H3,(H,17,19). The number of aliphatic hydroxyl groups is 1. The molecule has 0 aliphatic carbocycles. The highest BCUT2D eigenvalue weighted by molar-refractivity contribution is 5.96. The Kier molecular flexibility index (Phi) is 5.83. The molecule has 0 saturated carbocycles. The molecular weight excluding hydrogens is 240 g/mol. The van der Waals surface area contributed by atoms with E-state index >= 15 is 0 Å². The fourth-order valence-electron chi connectivity index (χ4n) is 2.18. The van der Waals surface area contributed by atoms with Gasteiger partial charge in [0.2, 0.25) is 0 Å². The van der Waals surface area contributed by atoms with Crippen LogP contribution in [0.2, 0.25) is 0 Å². The summed E-state index contributed by atoms with van der Waals surface area (Å²) in [5.41, 5.74) is 7.69. The van der Waals surface area contributed by atoms with Crippen molar-refractivity contribution in [1.29, 1.82) is 0 Å². The first-order chi connectivity index (χ1) is 8.99. The van der Waals surface area contributed by atoms with E-state index < -0.39 is 6.10 Å². The van der Waals surface area contributed by atoms with E-state index in [2.05, 4.69) is 5.32 Å². The van der Waals surface area contributed by atoms with E-state index in [0.717, 1.165) is 18.4 Å². The molecule has 0 aromatic heterocycles. The van der Waals surface area contributed by atoms with Gasteiger partial charge < -0.3 is 16.2 Å². The first-order valence-electron chi connectivity index (χ1n) is 6.81. The number of aryl methyl sites for hydroxylation is 1. The van der Waals surface area contributed by atoms with Crippen LogP contribution in [0, 0.1) is 12.8 Å². The number of carbonyl (C=O) groups excluding carboxylic acids is 1. The number of aliphatic hydroxyl groups excluding tert-OH is 1. The summed E-state index contributed by atoms with van der Waals surface area (Å²) in [5.74, 6) is 0.0389. The zero-order chi connectivity index (χ0) is 14.4. The van der Waals surface area contributed by atoms with E-state index in [0.29, 0.717) is 11.3 Å². The molecule has 1 unspecified atom stereocenters. The van der Waals surface area contributed by atoms with Crippen LogP contribution in [0.1, 0.15) is 42.6 Å². The Bertz CT molecular complexity index is 428. The molecule has 0 saturated heterocycles. The molecule has 19 heavy (non-hydrogen) atoms. The Hall–Kier alpha value is -1.55. The van der Waals surface area contributed by atoms with Crippen LogP contribution in [-0.4, -0.2) is 23.7 Å². The quantitative estimate of drug-likeness (QED) is 0.689. The summed E-state index contributed by atoms with van der Waals surface area (Å²) in [6, 6.07) is 5.25. The van der Waals surface area contributed by atoms with Crippen molar-refractivity contribution in [1.82, 2.24) is 5.32 Å². The highest BCUT2D eigenvalue weighted by Crippen LogP contribution is 2.14. The zero-order valence-corrected chi connectivity index (χ0v) is 11.9. The Morgan fingerprint density at radius 3 is 2.58 bits per heavy atom. The van der Waals surface area contributed by atoms with Gasteiger partial charge in [0.05, 0.1) is 6.10 Å². The van der Waals surface area contributed by atoms with Crippen LogP contribution >= 0.6 is 0 Å². The molecule has 0 heterocycles. The summed E-state index contributed by atoms with van der Waals surface area (Å²) >= 11 is 0. The highest BCUT2D eigenvalue weighted by atomic mass is 16.3. The topological polar surface area (TPSA) is 75.3 Å². The monoisotopic (exact) mass is 264 g/mol. The lowest BCUT2D eigenvalue weighted by atomic mass is 9.96. The molecule has 0 bridgehead atoms. The van der Waals surface area contributed by atoms with Crippen LogP contribution in [0.5, 0.6) is 0 Å². The van der Waals surface area contributed by atoms with Crippen LogP contribution in [0.3, 0.4) is 0 Å². The lowest BCUT2D eigenvalue weighted by molar-refractivity contribution is 0.0816. The maximum Gasteiger partial charge on any atom is 0.251 e. The lowest BCUT2D eigenvalue weighted by Crippen LogP contribution is -2.36. The Morgan fingerprint density at radius 2 is 2.00 bits per heavy atom. The van der Waals surface area contributed by atoms with Crippen LogP contribution in [-0.2, 0) is 0 Å². The van der Waals surface area contributed by atoms with Gasteiger partial charge in [0.15, 0.2) is 0 Å². The van der Waals surface area contributed by atoms with E-state index in [1.54, 1.807) is 12.1 Å². The van der Waals surface area contributed by atoms with Crippen molar-refractivity contribution in [3.8, 4) is 0 Å². The lowest BCUT2D eigenvalue weighted by Gasteiger charge is -2.20. The number of nitrogen functional groups attached to an aromatic ring is 1. The smallest absolute Gasteiger partial charge is 0.251 e. The molecule has 4 heteroatoms. The van der Waals surface area contributed by atoms with Crippen molar-refractivity contribution in [2.75, 3.05) is 12.3 Å². The summed E-state index contributed by atoms with van der Waals surface area (Å²) in [4.78, 5) is 12.0. The van der Waals surface area contributed by atoms with E-state index in [4.69, 9.17) is 5.73 Å². The largest absolute Gasteiger partial charge is 0.399 e. The van der Waals surface area contributed by atoms with Crippen molar-refractivity contribution in [2.45, 2.75) is 39.7 Å². The van der Waals surface area contributed by atoms with Gasteiger partial charge in [-0.25, -0.2) is 0 Å². The second-order valence-corrected chi connectivity index (χ2v) is 4.93. The fraction of sp³-hybridized carbons (Fsp3) is 0.533. The molecule has 0 radical (unpaired) electrons. The number of rotatable bonds is 6. The fourth-order valence-corrected chi connectivity index (χ4v) is 2.18. The van der Waals surface area contributed by atoms with Crippen molar-refractivity contribution < 1.29 is 9.90 Å². The highest BCUT2D eigenvalue weighted by Gasteiger charge is 2.17. The second-order valence-electron chi connectivity index (χ2n) is 4.93. The molecule has 1 amide bonds. The van der Waals surface area contributed by atoms with E-state index in [1.165, 1.54) is 0 Å². The summed E-state index contributed by atoms with van der Waals surface area (Å²) in [7, 11) is 0. The van der Waals surface area contributed by atoms with Crippen LogP contribution < -0.4 is 11.1 Å². The van der Waals surface area contributed by atoms with Gasteiger partial charge in [-0.3, -0.25) is 4.79 Å². The van der Waals surface area contributed by atoms with Gasteiger partial charge in [0.1, 0.15) is 0 Å². The average molecular weight is 264 g/mol. The predicted molar refractivity (Wildman–Crippen MR) is 78.0 cm³/mol. The average Bonchev–Trinajstić information content (AvgIpc) is 2.40. The predicted octanol–water partition coefficient (Wildman–Crippen LogP) is 2.10. The van der Waals surface area contributed by atoms with Gasteiger partial charge in [-0.2, -0.15) is 0 Å².